The van der Waals surface area contributed by atoms with Crippen LogP contribution in [0.4, 0.5) is 14.5 Å². The van der Waals surface area contributed by atoms with E-state index in [1.807, 2.05) is 12.1 Å². The first-order valence-electron chi connectivity index (χ1n) is 5.57. The number of nitrogens with zero attached hydrogens (tertiary/aromatic N) is 1. The summed E-state index contributed by atoms with van der Waals surface area (Å²) in [6.07, 6.45) is 0. The van der Waals surface area contributed by atoms with Crippen molar-refractivity contribution in [3.05, 3.63) is 64.7 Å². The largest absolute Gasteiger partial charge is 0.275 e. The highest BCUT2D eigenvalue weighted by Crippen LogP contribution is 2.15. The van der Waals surface area contributed by atoms with Crippen molar-refractivity contribution in [2.75, 3.05) is 5.43 Å². The molecule has 0 heterocycles. The predicted molar refractivity (Wildman–Crippen MR) is 73.6 cm³/mol. The molecule has 0 atom stereocenters. The summed E-state index contributed by atoms with van der Waals surface area (Å²) in [4.78, 5) is 0. The van der Waals surface area contributed by atoms with Crippen molar-refractivity contribution in [3.63, 3.8) is 0 Å². The fourth-order valence-corrected chi connectivity index (χ4v) is 1.61. The molecule has 0 aliphatic carbocycles. The van der Waals surface area contributed by atoms with Gasteiger partial charge in [0.05, 0.1) is 11.4 Å². The standard InChI is InChI=1S/C14H11ClF2N2/c1-9(10-2-4-11(15)5-3-10)18-19-14-7-6-12(16)8-13(14)17/h2-8,19H,1H3. The molecule has 1 N–H and O–H groups in total. The van der Waals surface area contributed by atoms with Gasteiger partial charge < -0.3 is 0 Å². The smallest absolute Gasteiger partial charge is 0.151 e. The molecule has 0 spiro atoms. The minimum absolute atomic E-state index is 0.120. The van der Waals surface area contributed by atoms with Crippen LogP contribution in [0.1, 0.15) is 12.5 Å². The van der Waals surface area contributed by atoms with E-state index in [2.05, 4.69) is 10.5 Å². The number of benzene rings is 2. The van der Waals surface area contributed by atoms with E-state index in [4.69, 9.17) is 11.6 Å². The van der Waals surface area contributed by atoms with Crippen LogP contribution in [-0.2, 0) is 0 Å². The van der Waals surface area contributed by atoms with E-state index in [0.717, 1.165) is 11.6 Å². The molecule has 19 heavy (non-hydrogen) atoms. The van der Waals surface area contributed by atoms with Crippen LogP contribution in [0.5, 0.6) is 0 Å². The van der Waals surface area contributed by atoms with Crippen molar-refractivity contribution < 1.29 is 8.78 Å². The third kappa shape index (κ3) is 3.51. The molecule has 5 heteroatoms. The van der Waals surface area contributed by atoms with Gasteiger partial charge in [0.15, 0.2) is 5.82 Å². The summed E-state index contributed by atoms with van der Waals surface area (Å²) in [5.41, 5.74) is 4.21. The van der Waals surface area contributed by atoms with E-state index in [0.29, 0.717) is 10.7 Å². The number of hydrogen-bond donors (Lipinski definition) is 1. The summed E-state index contributed by atoms with van der Waals surface area (Å²) >= 11 is 5.78. The second-order valence-electron chi connectivity index (χ2n) is 3.94. The minimum atomic E-state index is -0.687. The second kappa shape index (κ2) is 5.80. The summed E-state index contributed by atoms with van der Waals surface area (Å²) in [7, 11) is 0. The summed E-state index contributed by atoms with van der Waals surface area (Å²) in [6, 6.07) is 10.4. The van der Waals surface area contributed by atoms with E-state index in [9.17, 15) is 8.78 Å². The number of hydrazone groups is 1. The van der Waals surface area contributed by atoms with Crippen molar-refractivity contribution in [1.29, 1.82) is 0 Å². The molecule has 0 aliphatic rings. The second-order valence-corrected chi connectivity index (χ2v) is 4.38. The lowest BCUT2D eigenvalue weighted by molar-refractivity contribution is 0.585. The molecule has 0 amide bonds. The van der Waals surface area contributed by atoms with Gasteiger partial charge in [0.1, 0.15) is 5.82 Å². The van der Waals surface area contributed by atoms with E-state index in [1.165, 1.54) is 12.1 Å². The SMILES string of the molecule is CC(=NNc1ccc(F)cc1F)c1ccc(Cl)cc1. The summed E-state index contributed by atoms with van der Waals surface area (Å²) < 4.78 is 26.1. The third-order valence-corrected chi connectivity index (χ3v) is 2.79. The Morgan fingerprint density at radius 2 is 1.79 bits per heavy atom. The van der Waals surface area contributed by atoms with Crippen LogP contribution in [0.3, 0.4) is 0 Å². The van der Waals surface area contributed by atoms with Crippen LogP contribution in [0.25, 0.3) is 0 Å². The number of hydrogen-bond acceptors (Lipinski definition) is 2. The maximum Gasteiger partial charge on any atom is 0.151 e. The molecule has 0 aliphatic heterocycles. The molecule has 0 radical (unpaired) electrons. The topological polar surface area (TPSA) is 24.4 Å². The van der Waals surface area contributed by atoms with Gasteiger partial charge in [-0.25, -0.2) is 8.78 Å². The molecule has 0 aromatic heterocycles. The average Bonchev–Trinajstić information content (AvgIpc) is 2.38. The Bertz CT molecular complexity index is 609. The van der Waals surface area contributed by atoms with E-state index >= 15 is 0 Å². The first-order chi connectivity index (χ1) is 9.06. The zero-order valence-electron chi connectivity index (χ0n) is 10.1. The quantitative estimate of drug-likeness (QED) is 0.652. The van der Waals surface area contributed by atoms with Crippen LogP contribution >= 0.6 is 11.6 Å². The van der Waals surface area contributed by atoms with Gasteiger partial charge in [0.25, 0.3) is 0 Å². The molecule has 2 nitrogen and oxygen atoms in total. The normalized spacial score (nSPS) is 11.5. The van der Waals surface area contributed by atoms with Gasteiger partial charge in [-0.05, 0) is 36.8 Å². The number of rotatable bonds is 3. The van der Waals surface area contributed by atoms with Gasteiger partial charge in [-0.3, -0.25) is 5.43 Å². The van der Waals surface area contributed by atoms with Gasteiger partial charge >= 0.3 is 0 Å². The summed E-state index contributed by atoms with van der Waals surface area (Å²) in [5.74, 6) is -1.31. The fraction of sp³-hybridized carbons (Fsp3) is 0.0714. The summed E-state index contributed by atoms with van der Waals surface area (Å²) in [6.45, 7) is 1.78. The maximum absolute atomic E-state index is 13.4. The van der Waals surface area contributed by atoms with Crippen LogP contribution < -0.4 is 5.43 Å². The highest BCUT2D eigenvalue weighted by atomic mass is 35.5. The molecule has 0 saturated carbocycles. The lowest BCUT2D eigenvalue weighted by Crippen LogP contribution is -2.01. The Hall–Kier alpha value is -1.94. The first-order valence-corrected chi connectivity index (χ1v) is 5.95. The molecule has 2 aromatic rings. The number of halogens is 3. The summed E-state index contributed by atoms with van der Waals surface area (Å²) in [5, 5.41) is 4.68. The van der Waals surface area contributed by atoms with Gasteiger partial charge in [-0.15, -0.1) is 0 Å². The zero-order chi connectivity index (χ0) is 13.8. The van der Waals surface area contributed by atoms with Crippen molar-refractivity contribution in [1.82, 2.24) is 0 Å². The van der Waals surface area contributed by atoms with Crippen LogP contribution in [-0.4, -0.2) is 5.71 Å². The Kier molecular flexibility index (Phi) is 4.12. The molecular weight excluding hydrogens is 270 g/mol. The molecule has 98 valence electrons. The molecule has 0 fully saturated rings. The van der Waals surface area contributed by atoms with Crippen molar-refractivity contribution in [2.24, 2.45) is 5.10 Å². The highest BCUT2D eigenvalue weighted by Gasteiger charge is 2.03. The maximum atomic E-state index is 13.4. The predicted octanol–water partition coefficient (Wildman–Crippen LogP) is 4.45. The Balaban J connectivity index is 2.15. The van der Waals surface area contributed by atoms with E-state index in [-0.39, 0.29) is 5.69 Å². The lowest BCUT2D eigenvalue weighted by atomic mass is 10.1. The van der Waals surface area contributed by atoms with E-state index in [1.54, 1.807) is 19.1 Å². The minimum Gasteiger partial charge on any atom is -0.275 e. The third-order valence-electron chi connectivity index (χ3n) is 2.54. The first kappa shape index (κ1) is 13.5. The molecule has 2 aromatic carbocycles. The Morgan fingerprint density at radius 3 is 2.42 bits per heavy atom. The molecule has 0 saturated heterocycles. The van der Waals surface area contributed by atoms with Crippen LogP contribution in [0, 0.1) is 11.6 Å². The van der Waals surface area contributed by atoms with Crippen LogP contribution in [0.15, 0.2) is 47.6 Å². The van der Waals surface area contributed by atoms with Crippen molar-refractivity contribution in [2.45, 2.75) is 6.92 Å². The van der Waals surface area contributed by atoms with Gasteiger partial charge in [0.2, 0.25) is 0 Å². The number of anilines is 1. The molecular formula is C14H11ClF2N2. The van der Waals surface area contributed by atoms with Crippen molar-refractivity contribution in [3.8, 4) is 0 Å². The monoisotopic (exact) mass is 280 g/mol. The highest BCUT2D eigenvalue weighted by molar-refractivity contribution is 6.30. The molecule has 2 rings (SSSR count). The Labute approximate surface area is 114 Å². The number of nitrogens with one attached hydrogen (secondary N) is 1. The average molecular weight is 281 g/mol. The van der Waals surface area contributed by atoms with Crippen LogP contribution in [0.2, 0.25) is 5.02 Å². The molecule has 0 bridgehead atoms. The molecule has 0 unspecified atom stereocenters. The van der Waals surface area contributed by atoms with Crippen molar-refractivity contribution >= 4 is 23.0 Å². The van der Waals surface area contributed by atoms with Gasteiger partial charge in [0, 0.05) is 11.1 Å². The zero-order valence-corrected chi connectivity index (χ0v) is 10.9. The van der Waals surface area contributed by atoms with Gasteiger partial charge in [-0.2, -0.15) is 5.10 Å². The fourth-order valence-electron chi connectivity index (χ4n) is 1.48. The van der Waals surface area contributed by atoms with E-state index < -0.39 is 11.6 Å². The van der Waals surface area contributed by atoms with Gasteiger partial charge in [-0.1, -0.05) is 23.7 Å². The Morgan fingerprint density at radius 1 is 1.11 bits per heavy atom. The lowest BCUT2D eigenvalue weighted by Gasteiger charge is -2.05.